The number of fused-ring (bicyclic) bond motifs is 1. The zero-order valence-corrected chi connectivity index (χ0v) is 16.8. The van der Waals surface area contributed by atoms with E-state index in [4.69, 9.17) is 23.2 Å². The maximum atomic E-state index is 12.1. The maximum absolute atomic E-state index is 12.1. The average Bonchev–Trinajstić information content (AvgIpc) is 2.99. The Labute approximate surface area is 161 Å². The van der Waals surface area contributed by atoms with Crippen molar-refractivity contribution < 1.29 is 13.2 Å². The van der Waals surface area contributed by atoms with Crippen LogP contribution in [-0.2, 0) is 14.6 Å². The predicted molar refractivity (Wildman–Crippen MR) is 105 cm³/mol. The Morgan fingerprint density at radius 2 is 2.12 bits per heavy atom. The number of anilines is 1. The van der Waals surface area contributed by atoms with Crippen molar-refractivity contribution in [1.29, 1.82) is 0 Å². The van der Waals surface area contributed by atoms with E-state index in [1.165, 1.54) is 11.8 Å². The fourth-order valence-electron chi connectivity index (χ4n) is 3.02. The molecule has 0 aromatic heterocycles. The monoisotopic (exact) mass is 420 g/mol. The van der Waals surface area contributed by atoms with Crippen LogP contribution in [0.3, 0.4) is 0 Å². The Hall–Kier alpha value is -0.760. The summed E-state index contributed by atoms with van der Waals surface area (Å²) in [5.74, 6) is -0.0927. The van der Waals surface area contributed by atoms with Crippen molar-refractivity contribution >= 4 is 61.6 Å². The summed E-state index contributed by atoms with van der Waals surface area (Å²) in [4.78, 5) is 18.1. The highest BCUT2D eigenvalue weighted by atomic mass is 35.5. The lowest BCUT2D eigenvalue weighted by Crippen LogP contribution is -2.38. The number of unbranched alkanes of at least 4 members (excludes halogenated alkanes) is 1. The molecule has 9 heteroatoms. The second kappa shape index (κ2) is 7.47. The molecule has 2 aliphatic heterocycles. The van der Waals surface area contributed by atoms with E-state index in [2.05, 4.69) is 4.99 Å². The van der Waals surface area contributed by atoms with Crippen molar-refractivity contribution in [1.82, 2.24) is 0 Å². The second-order valence-electron chi connectivity index (χ2n) is 6.14. The molecule has 0 aliphatic carbocycles. The molecule has 1 aromatic carbocycles. The number of hydrogen-bond donors (Lipinski definition) is 0. The summed E-state index contributed by atoms with van der Waals surface area (Å²) in [7, 11) is -3.11. The zero-order chi connectivity index (χ0) is 18.2. The summed E-state index contributed by atoms with van der Waals surface area (Å²) in [6.45, 7) is 2.01. The number of thioether (sulfide) groups is 1. The molecule has 0 N–H and O–H groups in total. The van der Waals surface area contributed by atoms with Gasteiger partial charge in [-0.05, 0) is 18.6 Å². The number of carbonyl (C=O) groups is 1. The number of hydrogen-bond acceptors (Lipinski definition) is 4. The molecule has 1 aromatic rings. The molecule has 2 heterocycles. The van der Waals surface area contributed by atoms with Crippen molar-refractivity contribution in [2.24, 2.45) is 4.99 Å². The number of carbonyl (C=O) groups excluding carboxylic acids is 1. The molecule has 1 amide bonds. The summed E-state index contributed by atoms with van der Waals surface area (Å²) >= 11 is 13.8. The van der Waals surface area contributed by atoms with Crippen LogP contribution in [-0.4, -0.2) is 42.3 Å². The Bertz CT molecular complexity index is 827. The molecule has 25 heavy (non-hydrogen) atoms. The number of amides is 1. The predicted octanol–water partition coefficient (Wildman–Crippen LogP) is 3.79. The van der Waals surface area contributed by atoms with Gasteiger partial charge >= 0.3 is 0 Å². The summed E-state index contributed by atoms with van der Waals surface area (Å²) in [6, 6.07) is 4.90. The van der Waals surface area contributed by atoms with E-state index in [9.17, 15) is 13.2 Å². The fourth-order valence-corrected chi connectivity index (χ4v) is 7.33. The van der Waals surface area contributed by atoms with Crippen LogP contribution in [0.1, 0.15) is 26.2 Å². The lowest BCUT2D eigenvalue weighted by Gasteiger charge is -2.25. The Balaban J connectivity index is 2.00. The molecule has 0 spiro atoms. The first kappa shape index (κ1) is 19.0. The van der Waals surface area contributed by atoms with Crippen LogP contribution in [0.25, 0.3) is 0 Å². The lowest BCUT2D eigenvalue weighted by atomic mass is 10.2. The largest absolute Gasteiger partial charge is 0.314 e. The Kier molecular flexibility index (Phi) is 5.68. The highest BCUT2D eigenvalue weighted by molar-refractivity contribution is 8.16. The van der Waals surface area contributed by atoms with Crippen LogP contribution in [0.2, 0.25) is 10.0 Å². The fraction of sp³-hybridized carbons (Fsp3) is 0.500. The van der Waals surface area contributed by atoms with Gasteiger partial charge in [0, 0.05) is 11.7 Å². The molecule has 2 fully saturated rings. The van der Waals surface area contributed by atoms with Crippen molar-refractivity contribution in [3.63, 3.8) is 0 Å². The van der Waals surface area contributed by atoms with Crippen molar-refractivity contribution in [3.8, 4) is 0 Å². The minimum Gasteiger partial charge on any atom is -0.314 e. The minimum absolute atomic E-state index is 0.0235. The van der Waals surface area contributed by atoms with Crippen molar-refractivity contribution in [2.75, 3.05) is 16.4 Å². The topological polar surface area (TPSA) is 66.8 Å². The van der Waals surface area contributed by atoms with Gasteiger partial charge < -0.3 is 4.90 Å². The van der Waals surface area contributed by atoms with Crippen molar-refractivity contribution in [2.45, 2.75) is 37.5 Å². The van der Waals surface area contributed by atoms with Gasteiger partial charge in [0.25, 0.3) is 0 Å². The molecule has 5 nitrogen and oxygen atoms in total. The van der Waals surface area contributed by atoms with Gasteiger partial charge in [0.05, 0.1) is 33.3 Å². The van der Waals surface area contributed by atoms with Crippen LogP contribution in [0.15, 0.2) is 23.2 Å². The van der Waals surface area contributed by atoms with E-state index in [1.807, 2.05) is 6.92 Å². The Morgan fingerprint density at radius 1 is 1.36 bits per heavy atom. The van der Waals surface area contributed by atoms with E-state index in [-0.39, 0.29) is 28.7 Å². The molecule has 0 bridgehead atoms. The first-order valence-electron chi connectivity index (χ1n) is 8.04. The number of halogens is 2. The van der Waals surface area contributed by atoms with Gasteiger partial charge in [0.15, 0.2) is 15.0 Å². The third kappa shape index (κ3) is 3.99. The van der Waals surface area contributed by atoms with Gasteiger partial charge in [-0.3, -0.25) is 4.79 Å². The summed E-state index contributed by atoms with van der Waals surface area (Å²) < 4.78 is 24.1. The molecule has 0 saturated carbocycles. The number of benzene rings is 1. The van der Waals surface area contributed by atoms with Crippen LogP contribution in [0.4, 0.5) is 5.69 Å². The van der Waals surface area contributed by atoms with E-state index >= 15 is 0 Å². The first-order valence-corrected chi connectivity index (χ1v) is 11.5. The molecule has 2 aliphatic rings. The van der Waals surface area contributed by atoms with Crippen LogP contribution >= 0.6 is 35.0 Å². The SMILES string of the molecule is CCCCC(=O)N=C1S[C@H]2CS(=O)(=O)C[C@H]2N1c1cccc(Cl)c1Cl. The molecule has 136 valence electrons. The zero-order valence-electron chi connectivity index (χ0n) is 13.6. The molecule has 0 radical (unpaired) electrons. The molecule has 0 unspecified atom stereocenters. The smallest absolute Gasteiger partial charge is 0.248 e. The van der Waals surface area contributed by atoms with E-state index < -0.39 is 9.84 Å². The van der Waals surface area contributed by atoms with E-state index in [1.54, 1.807) is 23.1 Å². The highest BCUT2D eigenvalue weighted by Gasteiger charge is 2.49. The van der Waals surface area contributed by atoms with Gasteiger partial charge in [-0.25, -0.2) is 8.42 Å². The molecular weight excluding hydrogens is 403 g/mol. The van der Waals surface area contributed by atoms with Crippen LogP contribution in [0.5, 0.6) is 0 Å². The average molecular weight is 421 g/mol. The summed E-state index contributed by atoms with van der Waals surface area (Å²) in [6.07, 6.45) is 2.07. The molecule has 2 atom stereocenters. The Morgan fingerprint density at radius 3 is 2.84 bits per heavy atom. The van der Waals surface area contributed by atoms with Gasteiger partial charge in [0.2, 0.25) is 5.91 Å². The molecule has 2 saturated heterocycles. The van der Waals surface area contributed by atoms with E-state index in [0.717, 1.165) is 12.8 Å². The lowest BCUT2D eigenvalue weighted by molar-refractivity contribution is -0.117. The standard InChI is InChI=1S/C16H18Cl2N2O3S2/c1-2-3-7-14(21)19-16-20(11-6-4-5-10(17)15(11)18)12-8-25(22,23)9-13(12)24-16/h4-6,12-13H,2-3,7-9H2,1H3/t12-,13+/m1/s1. The third-order valence-electron chi connectivity index (χ3n) is 4.22. The maximum Gasteiger partial charge on any atom is 0.248 e. The van der Waals surface area contributed by atoms with Gasteiger partial charge in [0.1, 0.15) is 0 Å². The first-order chi connectivity index (χ1) is 11.8. The van der Waals surface area contributed by atoms with Gasteiger partial charge in [-0.1, -0.05) is 54.4 Å². The van der Waals surface area contributed by atoms with Crippen molar-refractivity contribution in [3.05, 3.63) is 28.2 Å². The van der Waals surface area contributed by atoms with Gasteiger partial charge in [-0.2, -0.15) is 4.99 Å². The molecular formula is C16H18Cl2N2O3S2. The summed E-state index contributed by atoms with van der Waals surface area (Å²) in [5, 5.41) is 1.07. The molecule has 3 rings (SSSR count). The minimum atomic E-state index is -3.11. The number of sulfone groups is 1. The van der Waals surface area contributed by atoms with Crippen LogP contribution < -0.4 is 4.90 Å². The quantitative estimate of drug-likeness (QED) is 0.740. The number of nitrogens with zero attached hydrogens (tertiary/aromatic N) is 2. The third-order valence-corrected chi connectivity index (χ3v) is 8.24. The number of amidine groups is 1. The van der Waals surface area contributed by atoms with Crippen LogP contribution in [0, 0.1) is 0 Å². The number of aliphatic imine (C=N–C) groups is 1. The summed E-state index contributed by atoms with van der Waals surface area (Å²) in [5.41, 5.74) is 0.591. The highest BCUT2D eigenvalue weighted by Crippen LogP contribution is 2.44. The second-order valence-corrected chi connectivity index (χ2v) is 10.3. The van der Waals surface area contributed by atoms with Gasteiger partial charge in [-0.15, -0.1) is 0 Å². The number of rotatable bonds is 4. The van der Waals surface area contributed by atoms with E-state index in [0.29, 0.717) is 27.3 Å². The normalized spacial score (nSPS) is 26.2.